The first kappa shape index (κ1) is 6.71. The Labute approximate surface area is 58.2 Å². The summed E-state index contributed by atoms with van der Waals surface area (Å²) in [5, 5.41) is 9.93. The number of rotatable bonds is 1. The fourth-order valence-electron chi connectivity index (χ4n) is 0.517. The topological polar surface area (TPSA) is 33.1 Å². The zero-order chi connectivity index (χ0) is 6.85. The van der Waals surface area contributed by atoms with Crippen LogP contribution in [0.5, 0.6) is 0 Å². The van der Waals surface area contributed by atoms with E-state index in [4.69, 9.17) is 5.11 Å². The van der Waals surface area contributed by atoms with Gasteiger partial charge < -0.3 is 5.11 Å². The van der Waals surface area contributed by atoms with Gasteiger partial charge in [-0.25, -0.2) is 4.98 Å². The molecule has 0 fully saturated rings. The minimum absolute atomic E-state index is 0.420. The third-order valence-corrected chi connectivity index (χ3v) is 2.00. The van der Waals surface area contributed by atoms with Crippen molar-refractivity contribution in [1.82, 2.24) is 4.98 Å². The zero-order valence-corrected chi connectivity index (χ0v) is 6.20. The van der Waals surface area contributed by atoms with E-state index in [2.05, 4.69) is 11.2 Å². The lowest BCUT2D eigenvalue weighted by atomic mass is 10.4. The molecule has 1 radical (unpaired) electrons. The van der Waals surface area contributed by atoms with E-state index < -0.39 is 6.10 Å². The Bertz CT molecular complexity index is 195. The fourth-order valence-corrected chi connectivity index (χ4v) is 1.19. The molecule has 1 N–H and O–H groups in total. The molecular weight excluding hydrogens is 134 g/mol. The van der Waals surface area contributed by atoms with Crippen LogP contribution in [0.2, 0.25) is 0 Å². The zero-order valence-electron chi connectivity index (χ0n) is 5.38. The lowest BCUT2D eigenvalue weighted by Gasteiger charge is -1.93. The largest absolute Gasteiger partial charge is 0.388 e. The summed E-state index contributed by atoms with van der Waals surface area (Å²) < 4.78 is 0. The maximum Gasteiger partial charge on any atom is 0.107 e. The molecule has 3 heteroatoms. The van der Waals surface area contributed by atoms with Gasteiger partial charge in [-0.2, -0.15) is 0 Å². The van der Waals surface area contributed by atoms with Crippen molar-refractivity contribution >= 4 is 11.3 Å². The number of hydrogen-bond donors (Lipinski definition) is 1. The van der Waals surface area contributed by atoms with E-state index in [1.165, 1.54) is 11.3 Å². The van der Waals surface area contributed by atoms with Crippen LogP contribution in [0.15, 0.2) is 0 Å². The van der Waals surface area contributed by atoms with Crippen LogP contribution in [0.25, 0.3) is 0 Å². The van der Waals surface area contributed by atoms with Gasteiger partial charge in [0.2, 0.25) is 0 Å². The van der Waals surface area contributed by atoms with Crippen molar-refractivity contribution < 1.29 is 5.11 Å². The smallest absolute Gasteiger partial charge is 0.107 e. The van der Waals surface area contributed by atoms with Crippen LogP contribution in [0.1, 0.15) is 22.9 Å². The summed E-state index contributed by atoms with van der Waals surface area (Å²) >= 11 is 1.48. The van der Waals surface area contributed by atoms with Crippen molar-refractivity contribution in [1.29, 1.82) is 0 Å². The maximum atomic E-state index is 8.98. The molecule has 1 aromatic heterocycles. The second-order valence-electron chi connectivity index (χ2n) is 1.88. The Hall–Kier alpha value is -0.410. The van der Waals surface area contributed by atoms with Crippen molar-refractivity contribution in [3.8, 4) is 0 Å². The lowest BCUT2D eigenvalue weighted by molar-refractivity contribution is 0.202. The molecule has 0 saturated carbocycles. The Morgan fingerprint density at radius 1 is 1.78 bits per heavy atom. The van der Waals surface area contributed by atoms with E-state index in [1.54, 1.807) is 6.92 Å². The highest BCUT2D eigenvalue weighted by molar-refractivity contribution is 7.11. The summed E-state index contributed by atoms with van der Waals surface area (Å²) in [6, 6.07) is 0. The van der Waals surface area contributed by atoms with Gasteiger partial charge >= 0.3 is 0 Å². The first-order valence-corrected chi connectivity index (χ1v) is 3.55. The minimum Gasteiger partial charge on any atom is -0.388 e. The van der Waals surface area contributed by atoms with Crippen LogP contribution in [0, 0.1) is 13.1 Å². The molecular formula is C6H8NOS. The van der Waals surface area contributed by atoms with Crippen LogP contribution in [-0.2, 0) is 0 Å². The molecule has 0 spiro atoms. The first-order valence-electron chi connectivity index (χ1n) is 2.73. The highest BCUT2D eigenvalue weighted by atomic mass is 32.1. The fraction of sp³-hybridized carbons (Fsp3) is 0.500. The van der Waals surface area contributed by atoms with Gasteiger partial charge in [-0.1, -0.05) is 0 Å². The SMILES string of the molecule is Cc1n[c]c(C(C)O)s1. The molecule has 0 aliphatic rings. The molecule has 1 aromatic rings. The van der Waals surface area contributed by atoms with Gasteiger partial charge in [-0.3, -0.25) is 0 Å². The average Bonchev–Trinajstić information content (AvgIpc) is 2.14. The van der Waals surface area contributed by atoms with Gasteiger partial charge in [0.25, 0.3) is 0 Å². The predicted molar refractivity (Wildman–Crippen MR) is 36.3 cm³/mol. The number of nitrogens with zero attached hydrogens (tertiary/aromatic N) is 1. The van der Waals surface area contributed by atoms with Gasteiger partial charge in [-0.15, -0.1) is 11.3 Å². The molecule has 9 heavy (non-hydrogen) atoms. The van der Waals surface area contributed by atoms with Crippen LogP contribution >= 0.6 is 11.3 Å². The first-order chi connectivity index (χ1) is 4.20. The van der Waals surface area contributed by atoms with Gasteiger partial charge in [0.05, 0.1) is 16.0 Å². The van der Waals surface area contributed by atoms with Crippen LogP contribution in [0.4, 0.5) is 0 Å². The molecule has 0 amide bonds. The summed E-state index contributed by atoms with van der Waals surface area (Å²) in [6.07, 6.45) is 2.30. The van der Waals surface area contributed by atoms with Crippen LogP contribution < -0.4 is 0 Å². The molecule has 0 aromatic carbocycles. The number of aromatic nitrogens is 1. The van der Waals surface area contributed by atoms with Crippen LogP contribution in [0.3, 0.4) is 0 Å². The normalized spacial score (nSPS) is 13.7. The molecule has 0 bridgehead atoms. The van der Waals surface area contributed by atoms with Crippen molar-refractivity contribution in [2.75, 3.05) is 0 Å². The Morgan fingerprint density at radius 2 is 2.44 bits per heavy atom. The minimum atomic E-state index is -0.420. The molecule has 0 saturated heterocycles. The van der Waals surface area contributed by atoms with Gasteiger partial charge in [-0.05, 0) is 13.8 Å². The predicted octanol–water partition coefficient (Wildman–Crippen LogP) is 1.31. The summed E-state index contributed by atoms with van der Waals surface area (Å²) in [5.74, 6) is 0. The van der Waals surface area contributed by atoms with Crippen LogP contribution in [-0.4, -0.2) is 10.1 Å². The standard InChI is InChI=1S/C6H8NOS/c1-4(8)6-3-7-5(2)9-6/h4,8H,1-2H3. The van der Waals surface area contributed by atoms with E-state index in [9.17, 15) is 0 Å². The number of aryl methyl sites for hydroxylation is 1. The molecule has 1 rings (SSSR count). The maximum absolute atomic E-state index is 8.98. The molecule has 1 heterocycles. The highest BCUT2D eigenvalue weighted by Gasteiger charge is 2.03. The summed E-state index contributed by atoms with van der Waals surface area (Å²) in [4.78, 5) is 4.68. The van der Waals surface area contributed by atoms with Gasteiger partial charge in [0.1, 0.15) is 6.20 Å². The third kappa shape index (κ3) is 1.50. The van der Waals surface area contributed by atoms with Gasteiger partial charge in [0, 0.05) is 0 Å². The summed E-state index contributed by atoms with van der Waals surface area (Å²) in [5.41, 5.74) is 0. The van der Waals surface area contributed by atoms with Crippen molar-refractivity contribution in [2.45, 2.75) is 20.0 Å². The van der Waals surface area contributed by atoms with Gasteiger partial charge in [0.15, 0.2) is 0 Å². The van der Waals surface area contributed by atoms with Crippen molar-refractivity contribution in [3.05, 3.63) is 16.1 Å². The summed E-state index contributed by atoms with van der Waals surface area (Å²) in [6.45, 7) is 3.61. The lowest BCUT2D eigenvalue weighted by Crippen LogP contribution is -1.83. The summed E-state index contributed by atoms with van der Waals surface area (Å²) in [7, 11) is 0. The third-order valence-electron chi connectivity index (χ3n) is 0.961. The van der Waals surface area contributed by atoms with E-state index in [0.717, 1.165) is 9.88 Å². The second-order valence-corrected chi connectivity index (χ2v) is 3.12. The molecule has 0 aliphatic heterocycles. The van der Waals surface area contributed by atoms with E-state index in [-0.39, 0.29) is 0 Å². The molecule has 2 nitrogen and oxygen atoms in total. The average molecular weight is 142 g/mol. The van der Waals surface area contributed by atoms with Crippen molar-refractivity contribution in [2.24, 2.45) is 0 Å². The van der Waals surface area contributed by atoms with E-state index >= 15 is 0 Å². The van der Waals surface area contributed by atoms with Crippen molar-refractivity contribution in [3.63, 3.8) is 0 Å². The quantitative estimate of drug-likeness (QED) is 0.641. The molecule has 0 aliphatic carbocycles. The Kier molecular flexibility index (Phi) is 1.83. The molecule has 1 atom stereocenters. The number of aliphatic hydroxyl groups excluding tert-OH is 1. The number of thiazole rings is 1. The second kappa shape index (κ2) is 2.45. The van der Waals surface area contributed by atoms with E-state index in [1.807, 2.05) is 6.92 Å². The number of aliphatic hydroxyl groups is 1. The monoisotopic (exact) mass is 142 g/mol. The Balaban J connectivity index is 2.85. The molecule has 49 valence electrons. The number of hydrogen-bond acceptors (Lipinski definition) is 3. The molecule has 1 unspecified atom stereocenters. The highest BCUT2D eigenvalue weighted by Crippen LogP contribution is 2.18. The Morgan fingerprint density at radius 3 is 2.67 bits per heavy atom. The van der Waals surface area contributed by atoms with E-state index in [0.29, 0.717) is 0 Å².